The molecule has 0 amide bonds. The van der Waals surface area contributed by atoms with Crippen LogP contribution in [0.1, 0.15) is 26.2 Å². The van der Waals surface area contributed by atoms with E-state index in [0.717, 1.165) is 67.3 Å². The van der Waals surface area contributed by atoms with E-state index in [9.17, 15) is 5.11 Å². The number of fused-ring (bicyclic) bond motifs is 1. The van der Waals surface area contributed by atoms with Gasteiger partial charge in [0.1, 0.15) is 11.6 Å². The molecule has 9 nitrogen and oxygen atoms in total. The Bertz CT molecular complexity index is 1100. The van der Waals surface area contributed by atoms with Crippen molar-refractivity contribution < 1.29 is 9.84 Å². The third-order valence-corrected chi connectivity index (χ3v) is 6.68. The first-order valence-corrected chi connectivity index (χ1v) is 11.7. The highest BCUT2D eigenvalue weighted by Gasteiger charge is 2.26. The number of rotatable bonds is 5. The van der Waals surface area contributed by atoms with Gasteiger partial charge >= 0.3 is 0 Å². The van der Waals surface area contributed by atoms with Crippen LogP contribution in [0.2, 0.25) is 0 Å². The summed E-state index contributed by atoms with van der Waals surface area (Å²) in [6.07, 6.45) is 4.68. The molecule has 1 atom stereocenters. The summed E-state index contributed by atoms with van der Waals surface area (Å²) in [6.45, 7) is 6.33. The monoisotopic (exact) mass is 449 g/mol. The van der Waals surface area contributed by atoms with Gasteiger partial charge in [-0.2, -0.15) is 9.97 Å². The maximum Gasteiger partial charge on any atom is 0.229 e. The largest absolute Gasteiger partial charge is 0.396 e. The Labute approximate surface area is 193 Å². The summed E-state index contributed by atoms with van der Waals surface area (Å²) in [5, 5.41) is 10.2. The molecule has 0 radical (unpaired) electrons. The van der Waals surface area contributed by atoms with Crippen molar-refractivity contribution in [3.8, 4) is 11.3 Å². The quantitative estimate of drug-likeness (QED) is 0.606. The summed E-state index contributed by atoms with van der Waals surface area (Å²) in [5.74, 6) is 2.68. The van der Waals surface area contributed by atoms with Gasteiger partial charge in [0.05, 0.1) is 30.3 Å². The number of piperidine rings is 1. The summed E-state index contributed by atoms with van der Waals surface area (Å²) < 4.78 is 5.66. The maximum atomic E-state index is 9.29. The first kappa shape index (κ1) is 21.8. The third kappa shape index (κ3) is 4.56. The molecule has 2 fully saturated rings. The molecule has 3 aromatic heterocycles. The van der Waals surface area contributed by atoms with E-state index in [-0.39, 0.29) is 12.6 Å². The Balaban J connectivity index is 1.55. The number of nitrogen functional groups attached to an aromatic ring is 1. The average Bonchev–Trinajstić information content (AvgIpc) is 2.84. The van der Waals surface area contributed by atoms with E-state index in [2.05, 4.69) is 27.8 Å². The first-order valence-electron chi connectivity index (χ1n) is 11.7. The molecule has 0 aromatic carbocycles. The summed E-state index contributed by atoms with van der Waals surface area (Å²) >= 11 is 0. The van der Waals surface area contributed by atoms with E-state index in [1.165, 1.54) is 0 Å². The van der Waals surface area contributed by atoms with Crippen LogP contribution in [-0.2, 0) is 4.74 Å². The van der Waals surface area contributed by atoms with Crippen LogP contribution in [0.25, 0.3) is 22.3 Å². The molecule has 2 aliphatic rings. The average molecular weight is 450 g/mol. The molecule has 33 heavy (non-hydrogen) atoms. The fourth-order valence-electron chi connectivity index (χ4n) is 4.71. The number of morpholine rings is 1. The fourth-order valence-corrected chi connectivity index (χ4v) is 4.71. The van der Waals surface area contributed by atoms with Crippen LogP contribution in [-0.4, -0.2) is 70.5 Å². The van der Waals surface area contributed by atoms with Crippen molar-refractivity contribution in [2.24, 2.45) is 5.92 Å². The number of nitrogens with two attached hydrogens (primary N) is 1. The standard InChI is InChI=1S/C24H31N7O2/c1-16-15-33-13-11-31(16)23-19-3-4-20(18-2-5-21(25)26-14-18)27-22(19)28-24(29-23)30-9-6-17(7-10-30)8-12-32/h2-5,14,16-17,32H,6-13,15H2,1H3,(H2,25,26)/t16-/m0/s1. The summed E-state index contributed by atoms with van der Waals surface area (Å²) in [5.41, 5.74) is 8.14. The van der Waals surface area contributed by atoms with Gasteiger partial charge in [-0.25, -0.2) is 9.97 Å². The van der Waals surface area contributed by atoms with E-state index in [4.69, 9.17) is 25.4 Å². The van der Waals surface area contributed by atoms with Gasteiger partial charge in [0.2, 0.25) is 5.95 Å². The number of anilines is 3. The second-order valence-electron chi connectivity index (χ2n) is 8.95. The number of hydrogen-bond acceptors (Lipinski definition) is 9. The lowest BCUT2D eigenvalue weighted by atomic mass is 9.94. The number of ether oxygens (including phenoxy) is 1. The van der Waals surface area contributed by atoms with Crippen molar-refractivity contribution in [1.29, 1.82) is 0 Å². The molecule has 0 unspecified atom stereocenters. The van der Waals surface area contributed by atoms with Crippen molar-refractivity contribution in [1.82, 2.24) is 19.9 Å². The molecule has 2 aliphatic heterocycles. The zero-order chi connectivity index (χ0) is 22.8. The van der Waals surface area contributed by atoms with Crippen molar-refractivity contribution in [2.45, 2.75) is 32.2 Å². The summed E-state index contributed by atoms with van der Waals surface area (Å²) in [6, 6.07) is 7.98. The molecule has 3 aromatic rings. The minimum atomic E-state index is 0.223. The van der Waals surface area contributed by atoms with E-state index in [1.54, 1.807) is 12.3 Å². The molecule has 0 aliphatic carbocycles. The second kappa shape index (κ2) is 9.44. The van der Waals surface area contributed by atoms with Crippen LogP contribution < -0.4 is 15.5 Å². The molecule has 174 valence electrons. The Kier molecular flexibility index (Phi) is 6.24. The van der Waals surface area contributed by atoms with Gasteiger partial charge in [0, 0.05) is 38.0 Å². The van der Waals surface area contributed by atoms with Gasteiger partial charge in [-0.3, -0.25) is 0 Å². The lowest BCUT2D eigenvalue weighted by Gasteiger charge is -2.36. The van der Waals surface area contributed by atoms with Gasteiger partial charge < -0.3 is 25.4 Å². The zero-order valence-corrected chi connectivity index (χ0v) is 19.0. The molecule has 0 spiro atoms. The molecule has 2 saturated heterocycles. The first-order chi connectivity index (χ1) is 16.1. The second-order valence-corrected chi connectivity index (χ2v) is 8.95. The van der Waals surface area contributed by atoms with Gasteiger partial charge in [0.25, 0.3) is 0 Å². The normalized spacial score (nSPS) is 19.9. The van der Waals surface area contributed by atoms with Crippen molar-refractivity contribution in [3.63, 3.8) is 0 Å². The predicted octanol–water partition coefficient (Wildman–Crippen LogP) is 2.49. The van der Waals surface area contributed by atoms with E-state index in [0.29, 0.717) is 30.6 Å². The van der Waals surface area contributed by atoms with Gasteiger partial charge in [-0.1, -0.05) is 0 Å². The fraction of sp³-hybridized carbons (Fsp3) is 0.500. The predicted molar refractivity (Wildman–Crippen MR) is 129 cm³/mol. The molecular formula is C24H31N7O2. The van der Waals surface area contributed by atoms with Crippen LogP contribution in [0, 0.1) is 5.92 Å². The highest BCUT2D eigenvalue weighted by atomic mass is 16.5. The van der Waals surface area contributed by atoms with Crippen LogP contribution in [0.5, 0.6) is 0 Å². The zero-order valence-electron chi connectivity index (χ0n) is 19.0. The summed E-state index contributed by atoms with van der Waals surface area (Å²) in [7, 11) is 0. The van der Waals surface area contributed by atoms with E-state index in [1.807, 2.05) is 12.1 Å². The molecule has 0 saturated carbocycles. The lowest BCUT2D eigenvalue weighted by molar-refractivity contribution is 0.0987. The van der Waals surface area contributed by atoms with Crippen LogP contribution in [0.3, 0.4) is 0 Å². The Hall–Kier alpha value is -3.04. The molecule has 3 N–H and O–H groups in total. The molecule has 9 heteroatoms. The molecule has 0 bridgehead atoms. The van der Waals surface area contributed by atoms with Gasteiger partial charge in [-0.15, -0.1) is 0 Å². The smallest absolute Gasteiger partial charge is 0.229 e. The van der Waals surface area contributed by atoms with Crippen molar-refractivity contribution >= 4 is 28.6 Å². The SMILES string of the molecule is C[C@H]1COCCN1c1nc(N2CCC(CCO)CC2)nc2nc(-c3ccc(N)nc3)ccc12. The highest BCUT2D eigenvalue weighted by molar-refractivity contribution is 5.90. The van der Waals surface area contributed by atoms with Crippen LogP contribution in [0.4, 0.5) is 17.6 Å². The Morgan fingerprint density at radius 3 is 2.67 bits per heavy atom. The Morgan fingerprint density at radius 1 is 1.09 bits per heavy atom. The number of aromatic nitrogens is 4. The minimum Gasteiger partial charge on any atom is -0.396 e. The van der Waals surface area contributed by atoms with Crippen LogP contribution >= 0.6 is 0 Å². The number of hydrogen-bond donors (Lipinski definition) is 2. The highest BCUT2D eigenvalue weighted by Crippen LogP contribution is 2.32. The number of pyridine rings is 2. The number of nitrogens with zero attached hydrogens (tertiary/aromatic N) is 6. The van der Waals surface area contributed by atoms with Gasteiger partial charge in [-0.05, 0) is 56.4 Å². The molecule has 5 heterocycles. The summed E-state index contributed by atoms with van der Waals surface area (Å²) in [4.78, 5) is 23.6. The molecule has 5 rings (SSSR count). The van der Waals surface area contributed by atoms with E-state index >= 15 is 0 Å². The lowest BCUT2D eigenvalue weighted by Crippen LogP contribution is -2.44. The van der Waals surface area contributed by atoms with Crippen molar-refractivity contribution in [2.75, 3.05) is 55.0 Å². The third-order valence-electron chi connectivity index (χ3n) is 6.68. The van der Waals surface area contributed by atoms with Crippen LogP contribution in [0.15, 0.2) is 30.5 Å². The topological polar surface area (TPSA) is 114 Å². The van der Waals surface area contributed by atoms with E-state index < -0.39 is 0 Å². The Morgan fingerprint density at radius 2 is 1.94 bits per heavy atom. The number of aliphatic hydroxyl groups is 1. The van der Waals surface area contributed by atoms with Crippen molar-refractivity contribution in [3.05, 3.63) is 30.5 Å². The maximum absolute atomic E-state index is 9.29. The van der Waals surface area contributed by atoms with Gasteiger partial charge in [0.15, 0.2) is 5.65 Å². The molecular weight excluding hydrogens is 418 g/mol. The number of aliphatic hydroxyl groups excluding tert-OH is 1. The minimum absolute atomic E-state index is 0.223.